The van der Waals surface area contributed by atoms with Crippen LogP contribution in [0.1, 0.15) is 60.3 Å². The second-order valence-corrected chi connectivity index (χ2v) is 12.0. The summed E-state index contributed by atoms with van der Waals surface area (Å²) in [7, 11) is 0.772. The molecule has 37 heavy (non-hydrogen) atoms. The number of hydrogen-bond donors (Lipinski definition) is 1. The lowest BCUT2D eigenvalue weighted by atomic mass is 9.91. The first-order valence-corrected chi connectivity index (χ1v) is 13.3. The van der Waals surface area contributed by atoms with E-state index in [-0.39, 0.29) is 19.5 Å². The van der Waals surface area contributed by atoms with Crippen molar-refractivity contribution in [2.45, 2.75) is 51.5 Å². The third-order valence-corrected chi connectivity index (χ3v) is 7.86. The van der Waals surface area contributed by atoms with E-state index in [1.54, 1.807) is 12.1 Å². The molecule has 2 atom stereocenters. The van der Waals surface area contributed by atoms with Crippen LogP contribution < -0.4 is 19.1 Å². The van der Waals surface area contributed by atoms with Crippen molar-refractivity contribution in [1.29, 1.82) is 0 Å². The largest absolute Gasteiger partial charge is 0.488 e. The second kappa shape index (κ2) is 12.2. The molecule has 0 saturated carbocycles. The summed E-state index contributed by atoms with van der Waals surface area (Å²) in [4.78, 5) is 15.6. The summed E-state index contributed by atoms with van der Waals surface area (Å²) in [5.74, 6) is 0.466. The van der Waals surface area contributed by atoms with Crippen molar-refractivity contribution in [1.82, 2.24) is 4.72 Å². The predicted octanol–water partition coefficient (Wildman–Crippen LogP) is 5.84. The average Bonchev–Trinajstić information content (AvgIpc) is 2.84. The highest BCUT2D eigenvalue weighted by molar-refractivity contribution is 7.84. The molecule has 8 heteroatoms. The highest BCUT2D eigenvalue weighted by Crippen LogP contribution is 2.42. The molecule has 1 aliphatic heterocycles. The van der Waals surface area contributed by atoms with E-state index in [1.165, 1.54) is 0 Å². The average molecular weight is 541 g/mol. The van der Waals surface area contributed by atoms with Gasteiger partial charge in [-0.05, 0) is 69.0 Å². The van der Waals surface area contributed by atoms with E-state index >= 15 is 0 Å². The number of hydrogen-bond acceptors (Lipinski definition) is 5. The molecule has 0 radical (unpaired) electrons. The summed E-state index contributed by atoms with van der Waals surface area (Å²) in [5, 5.41) is 0. The lowest BCUT2D eigenvalue weighted by molar-refractivity contribution is 0.0729. The van der Waals surface area contributed by atoms with Crippen LogP contribution in [0.15, 0.2) is 66.7 Å². The Morgan fingerprint density at radius 3 is 2.32 bits per heavy atom. The SMILES string of the molecule is Cc1c(C(=O)Oc2ccccc2)c(OCc2ccccc2)cc2c1N(C)CCC2N[S@@](=O)C(C)(C)C.S. The Kier molecular flexibility index (Phi) is 9.45. The summed E-state index contributed by atoms with van der Waals surface area (Å²) in [6.45, 7) is 8.86. The molecule has 1 heterocycles. The number of benzene rings is 3. The molecule has 0 spiro atoms. The molecule has 4 rings (SSSR count). The van der Waals surface area contributed by atoms with Gasteiger partial charge in [0.1, 0.15) is 23.7 Å². The zero-order valence-electron chi connectivity index (χ0n) is 22.0. The third-order valence-electron chi connectivity index (χ3n) is 6.25. The Bertz CT molecular complexity index is 1240. The van der Waals surface area contributed by atoms with Crippen LogP contribution in [0.4, 0.5) is 5.69 Å². The highest BCUT2D eigenvalue weighted by atomic mass is 32.2. The van der Waals surface area contributed by atoms with Gasteiger partial charge >= 0.3 is 5.97 Å². The maximum absolute atomic E-state index is 13.5. The van der Waals surface area contributed by atoms with Gasteiger partial charge in [0.05, 0.1) is 15.7 Å². The number of fused-ring (bicyclic) bond motifs is 1. The molecule has 0 aromatic heterocycles. The molecule has 1 unspecified atom stereocenters. The molecular formula is C29H36N2O4S2. The molecule has 0 bridgehead atoms. The number of ether oxygens (including phenoxy) is 2. The van der Waals surface area contributed by atoms with Crippen molar-refractivity contribution in [2.75, 3.05) is 18.5 Å². The minimum atomic E-state index is -1.24. The first kappa shape index (κ1) is 28.8. The van der Waals surface area contributed by atoms with E-state index in [0.717, 1.165) is 35.3 Å². The Hall–Kier alpha value is -2.81. The first-order chi connectivity index (χ1) is 17.1. The standard InChI is InChI=1S/C29H34N2O4S.H2S/c1-20-26(28(32)35-22-14-10-7-11-15-22)25(34-19-21-12-8-6-9-13-21)18-23-24(16-17-31(5)27(20)23)30-36(33)29(2,3)4;/h6-15,18,24,30H,16-17,19H2,1-5H3;1H2/t24?,36-;/m0./s1. The van der Waals surface area contributed by atoms with E-state index in [9.17, 15) is 9.00 Å². The molecule has 1 N–H and O–H groups in total. The lowest BCUT2D eigenvalue weighted by Crippen LogP contribution is -2.40. The van der Waals surface area contributed by atoms with E-state index in [2.05, 4.69) is 9.62 Å². The van der Waals surface area contributed by atoms with Gasteiger partial charge in [-0.1, -0.05) is 48.5 Å². The van der Waals surface area contributed by atoms with Crippen LogP contribution in [0.2, 0.25) is 0 Å². The minimum Gasteiger partial charge on any atom is -0.488 e. The Balaban J connectivity index is 0.00000380. The first-order valence-electron chi connectivity index (χ1n) is 12.2. The summed E-state index contributed by atoms with van der Waals surface area (Å²) in [5.41, 5.74) is 4.09. The highest BCUT2D eigenvalue weighted by Gasteiger charge is 2.33. The van der Waals surface area contributed by atoms with Crippen LogP contribution in [-0.4, -0.2) is 28.5 Å². The van der Waals surface area contributed by atoms with Crippen molar-refractivity contribution in [2.24, 2.45) is 0 Å². The van der Waals surface area contributed by atoms with Crippen molar-refractivity contribution in [3.63, 3.8) is 0 Å². The maximum Gasteiger partial charge on any atom is 0.347 e. The van der Waals surface area contributed by atoms with Crippen LogP contribution in [0.5, 0.6) is 11.5 Å². The van der Waals surface area contributed by atoms with Gasteiger partial charge in [-0.2, -0.15) is 13.5 Å². The summed E-state index contributed by atoms with van der Waals surface area (Å²) in [6.07, 6.45) is 0.788. The van der Waals surface area contributed by atoms with Crippen LogP contribution in [0.25, 0.3) is 0 Å². The number of carbonyl (C=O) groups is 1. The molecule has 6 nitrogen and oxygen atoms in total. The van der Waals surface area contributed by atoms with Gasteiger partial charge in [0, 0.05) is 25.3 Å². The third kappa shape index (κ3) is 6.74. The molecular weight excluding hydrogens is 504 g/mol. The van der Waals surface area contributed by atoms with Gasteiger partial charge in [-0.15, -0.1) is 0 Å². The maximum atomic E-state index is 13.5. The number of esters is 1. The number of nitrogens with one attached hydrogen (secondary N) is 1. The zero-order chi connectivity index (χ0) is 25.9. The molecule has 1 aliphatic rings. The number of anilines is 1. The monoisotopic (exact) mass is 540 g/mol. The predicted molar refractivity (Wildman–Crippen MR) is 155 cm³/mol. The van der Waals surface area contributed by atoms with Crippen molar-refractivity contribution < 1.29 is 18.5 Å². The number of carbonyl (C=O) groups excluding carboxylic acids is 1. The normalized spacial score (nSPS) is 15.8. The van der Waals surface area contributed by atoms with E-state index < -0.39 is 21.7 Å². The van der Waals surface area contributed by atoms with Gasteiger partial charge < -0.3 is 14.4 Å². The quantitative estimate of drug-likeness (QED) is 0.301. The fraction of sp³-hybridized carbons (Fsp3) is 0.345. The van der Waals surface area contributed by atoms with Gasteiger partial charge in [-0.3, -0.25) is 0 Å². The van der Waals surface area contributed by atoms with Gasteiger partial charge in [0.15, 0.2) is 0 Å². The Morgan fingerprint density at radius 2 is 1.70 bits per heavy atom. The smallest absolute Gasteiger partial charge is 0.347 e. The van der Waals surface area contributed by atoms with E-state index in [1.807, 2.05) is 89.3 Å². The zero-order valence-corrected chi connectivity index (χ0v) is 23.9. The Labute approximate surface area is 229 Å². The molecule has 0 saturated heterocycles. The van der Waals surface area contributed by atoms with Crippen molar-refractivity contribution in [3.05, 3.63) is 89.0 Å². The minimum absolute atomic E-state index is 0. The van der Waals surface area contributed by atoms with Crippen molar-refractivity contribution in [3.8, 4) is 11.5 Å². The fourth-order valence-electron chi connectivity index (χ4n) is 4.34. The molecule has 0 amide bonds. The van der Waals surface area contributed by atoms with E-state index in [0.29, 0.717) is 23.7 Å². The van der Waals surface area contributed by atoms with Crippen LogP contribution in [0.3, 0.4) is 0 Å². The second-order valence-electron chi connectivity index (χ2n) is 10.1. The molecule has 0 fully saturated rings. The molecule has 3 aromatic carbocycles. The molecule has 198 valence electrons. The number of nitrogens with zero attached hydrogens (tertiary/aromatic N) is 1. The fourth-order valence-corrected chi connectivity index (χ4v) is 5.20. The van der Waals surface area contributed by atoms with Crippen LogP contribution in [-0.2, 0) is 17.6 Å². The van der Waals surface area contributed by atoms with Crippen LogP contribution >= 0.6 is 13.5 Å². The lowest BCUT2D eigenvalue weighted by Gasteiger charge is -2.36. The number of para-hydroxylation sites is 1. The van der Waals surface area contributed by atoms with Gasteiger partial charge in [-0.25, -0.2) is 13.7 Å². The molecule has 3 aromatic rings. The topological polar surface area (TPSA) is 67.9 Å². The van der Waals surface area contributed by atoms with Gasteiger partial charge in [0.25, 0.3) is 0 Å². The van der Waals surface area contributed by atoms with E-state index in [4.69, 9.17) is 9.47 Å². The Morgan fingerprint density at radius 1 is 1.08 bits per heavy atom. The summed E-state index contributed by atoms with van der Waals surface area (Å²) >= 11 is 0. The summed E-state index contributed by atoms with van der Waals surface area (Å²) in [6, 6.07) is 20.7. The van der Waals surface area contributed by atoms with Crippen LogP contribution in [0, 0.1) is 6.92 Å². The number of rotatable bonds is 7. The van der Waals surface area contributed by atoms with Gasteiger partial charge in [0.2, 0.25) is 0 Å². The summed E-state index contributed by atoms with van der Waals surface area (Å²) < 4.78 is 27.9. The molecule has 0 aliphatic carbocycles. The van der Waals surface area contributed by atoms with Crippen molar-refractivity contribution >= 4 is 36.1 Å².